The van der Waals surface area contributed by atoms with Gasteiger partial charge in [-0.1, -0.05) is 6.07 Å². The van der Waals surface area contributed by atoms with Crippen molar-refractivity contribution in [2.45, 2.75) is 45.2 Å². The van der Waals surface area contributed by atoms with Crippen LogP contribution in [0.25, 0.3) is 0 Å². The topological polar surface area (TPSA) is 116 Å². The van der Waals surface area contributed by atoms with Crippen molar-refractivity contribution in [3.05, 3.63) is 63.5 Å². The first-order valence-corrected chi connectivity index (χ1v) is 10.8. The summed E-state index contributed by atoms with van der Waals surface area (Å²) >= 11 is 0. The molecular formula is C24H25FN4O4. The number of aryl methyl sites for hydroxylation is 1. The number of nitrogens with one attached hydrogen (secondary N) is 1. The molecule has 0 bridgehead atoms. The SMILES string of the molecule is Cc1nc(C(=O)N[C@H]2CCN(CC(O)c3ccc4c(c3C)COC4=O)C[C@H]2F)ccc1C#N. The zero-order valence-electron chi connectivity index (χ0n) is 18.5. The lowest BCUT2D eigenvalue weighted by Gasteiger charge is -2.36. The molecule has 4 rings (SSSR count). The van der Waals surface area contributed by atoms with E-state index in [4.69, 9.17) is 10.00 Å². The average Bonchev–Trinajstić information content (AvgIpc) is 3.17. The van der Waals surface area contributed by atoms with Crippen LogP contribution in [0.4, 0.5) is 4.39 Å². The molecule has 33 heavy (non-hydrogen) atoms. The van der Waals surface area contributed by atoms with E-state index in [0.29, 0.717) is 35.3 Å². The molecule has 2 aromatic rings. The van der Waals surface area contributed by atoms with Crippen molar-refractivity contribution in [3.63, 3.8) is 0 Å². The number of alkyl halides is 1. The standard InChI is InChI=1S/C24H25FN4O4/c1-13-16(4-5-17-18(13)12-33-24(17)32)22(30)11-29-8-7-20(19(25)10-29)28-23(31)21-6-3-15(9-26)14(2)27-21/h3-6,19-20,22,30H,7-8,10-12H2,1-2H3,(H,28,31)/t19-,20+,22?/m1/s1. The van der Waals surface area contributed by atoms with E-state index in [2.05, 4.69) is 10.3 Å². The number of esters is 1. The number of pyridine rings is 1. The molecule has 3 atom stereocenters. The van der Waals surface area contributed by atoms with E-state index >= 15 is 0 Å². The van der Waals surface area contributed by atoms with Gasteiger partial charge in [0.05, 0.1) is 29.0 Å². The highest BCUT2D eigenvalue weighted by Crippen LogP contribution is 2.30. The Morgan fingerprint density at radius 1 is 1.39 bits per heavy atom. The number of cyclic esters (lactones) is 1. The summed E-state index contributed by atoms with van der Waals surface area (Å²) in [7, 11) is 0. The van der Waals surface area contributed by atoms with Crippen LogP contribution in [0.3, 0.4) is 0 Å². The van der Waals surface area contributed by atoms with Gasteiger partial charge in [-0.3, -0.25) is 9.69 Å². The van der Waals surface area contributed by atoms with Gasteiger partial charge in [0.15, 0.2) is 0 Å². The Bertz CT molecular complexity index is 1150. The summed E-state index contributed by atoms with van der Waals surface area (Å²) in [5, 5.41) is 22.5. The highest BCUT2D eigenvalue weighted by atomic mass is 19.1. The van der Waals surface area contributed by atoms with E-state index in [1.807, 2.05) is 17.9 Å². The van der Waals surface area contributed by atoms with Crippen molar-refractivity contribution >= 4 is 11.9 Å². The van der Waals surface area contributed by atoms with Gasteiger partial charge in [0.25, 0.3) is 5.91 Å². The molecule has 0 saturated carbocycles. The molecule has 8 nitrogen and oxygen atoms in total. The van der Waals surface area contributed by atoms with Crippen molar-refractivity contribution in [1.29, 1.82) is 5.26 Å². The van der Waals surface area contributed by atoms with E-state index < -0.39 is 24.2 Å². The van der Waals surface area contributed by atoms with Crippen LogP contribution in [0.15, 0.2) is 24.3 Å². The van der Waals surface area contributed by atoms with Crippen LogP contribution >= 0.6 is 0 Å². The summed E-state index contributed by atoms with van der Waals surface area (Å²) in [4.78, 5) is 30.2. The number of hydrogen-bond acceptors (Lipinski definition) is 7. The molecule has 1 amide bonds. The van der Waals surface area contributed by atoms with Gasteiger partial charge in [-0.15, -0.1) is 0 Å². The molecule has 2 aliphatic rings. The summed E-state index contributed by atoms with van der Waals surface area (Å²) in [6.45, 7) is 4.52. The van der Waals surface area contributed by atoms with Gasteiger partial charge in [0.2, 0.25) is 0 Å². The van der Waals surface area contributed by atoms with Crippen molar-refractivity contribution in [2.75, 3.05) is 19.6 Å². The number of nitriles is 1. The minimum atomic E-state index is -1.30. The first-order chi connectivity index (χ1) is 15.8. The average molecular weight is 452 g/mol. The third-order valence-electron chi connectivity index (χ3n) is 6.38. The number of ether oxygens (including phenoxy) is 1. The number of carbonyl (C=O) groups excluding carboxylic acids is 2. The predicted octanol–water partition coefficient (Wildman–Crippen LogP) is 2.12. The lowest BCUT2D eigenvalue weighted by Crippen LogP contribution is -2.53. The van der Waals surface area contributed by atoms with Crippen LogP contribution in [0.2, 0.25) is 0 Å². The third kappa shape index (κ3) is 4.58. The highest BCUT2D eigenvalue weighted by molar-refractivity contribution is 5.94. The molecule has 1 unspecified atom stereocenters. The Kier molecular flexibility index (Phi) is 6.40. The first kappa shape index (κ1) is 22.8. The first-order valence-electron chi connectivity index (χ1n) is 10.8. The fourth-order valence-electron chi connectivity index (χ4n) is 4.42. The number of benzene rings is 1. The number of hydrogen-bond donors (Lipinski definition) is 2. The number of halogens is 1. The highest BCUT2D eigenvalue weighted by Gasteiger charge is 2.32. The van der Waals surface area contributed by atoms with Gasteiger partial charge < -0.3 is 15.2 Å². The second-order valence-corrected chi connectivity index (χ2v) is 8.48. The van der Waals surface area contributed by atoms with Crippen LogP contribution in [-0.2, 0) is 11.3 Å². The number of aliphatic hydroxyl groups is 1. The Morgan fingerprint density at radius 3 is 2.88 bits per heavy atom. The van der Waals surface area contributed by atoms with Crippen molar-refractivity contribution in [3.8, 4) is 6.07 Å². The van der Waals surface area contributed by atoms with Gasteiger partial charge in [0.1, 0.15) is 24.5 Å². The van der Waals surface area contributed by atoms with Crippen LogP contribution in [0, 0.1) is 25.2 Å². The molecule has 2 aliphatic heterocycles. The van der Waals surface area contributed by atoms with E-state index in [1.54, 1.807) is 19.1 Å². The fraction of sp³-hybridized carbons (Fsp3) is 0.417. The number of carbonyl (C=O) groups is 2. The minimum absolute atomic E-state index is 0.0768. The zero-order chi connectivity index (χ0) is 23.7. The number of fused-ring (bicyclic) bond motifs is 1. The largest absolute Gasteiger partial charge is 0.457 e. The molecule has 0 spiro atoms. The van der Waals surface area contributed by atoms with Crippen molar-refractivity contribution in [2.24, 2.45) is 0 Å². The smallest absolute Gasteiger partial charge is 0.338 e. The fourth-order valence-corrected chi connectivity index (χ4v) is 4.42. The number of aliphatic hydroxyl groups excluding tert-OH is 1. The number of β-amino-alcohol motifs (C(OH)–C–C–N with tert-alkyl or cyclic N) is 1. The molecular weight excluding hydrogens is 427 g/mol. The molecule has 3 heterocycles. The van der Waals surface area contributed by atoms with Crippen LogP contribution < -0.4 is 5.32 Å². The summed E-state index contributed by atoms with van der Waals surface area (Å²) in [6.07, 6.45) is -1.75. The van der Waals surface area contributed by atoms with E-state index in [-0.39, 0.29) is 31.4 Å². The second kappa shape index (κ2) is 9.25. The summed E-state index contributed by atoms with van der Waals surface area (Å²) in [5.41, 5.74) is 3.80. The van der Waals surface area contributed by atoms with Crippen LogP contribution in [0.5, 0.6) is 0 Å². The Hall–Kier alpha value is -3.35. The van der Waals surface area contributed by atoms with Crippen molar-refractivity contribution < 1.29 is 23.8 Å². The number of nitrogens with zero attached hydrogens (tertiary/aromatic N) is 3. The van der Waals surface area contributed by atoms with Crippen molar-refractivity contribution in [1.82, 2.24) is 15.2 Å². The maximum absolute atomic E-state index is 14.9. The lowest BCUT2D eigenvalue weighted by atomic mass is 9.94. The normalized spacial score (nSPS) is 21.1. The summed E-state index contributed by atoms with van der Waals surface area (Å²) < 4.78 is 19.9. The number of amides is 1. The molecule has 172 valence electrons. The van der Waals surface area contributed by atoms with Crippen LogP contribution in [-0.4, -0.2) is 58.7 Å². The van der Waals surface area contributed by atoms with Gasteiger partial charge in [-0.2, -0.15) is 5.26 Å². The van der Waals surface area contributed by atoms with E-state index in [1.165, 1.54) is 12.1 Å². The van der Waals surface area contributed by atoms with Gasteiger partial charge in [-0.05, 0) is 49.6 Å². The van der Waals surface area contributed by atoms with E-state index in [9.17, 15) is 19.1 Å². The molecule has 1 aromatic heterocycles. The Balaban J connectivity index is 1.35. The van der Waals surface area contributed by atoms with Gasteiger partial charge >= 0.3 is 5.97 Å². The zero-order valence-corrected chi connectivity index (χ0v) is 18.5. The predicted molar refractivity (Wildman–Crippen MR) is 116 cm³/mol. The monoisotopic (exact) mass is 452 g/mol. The van der Waals surface area contributed by atoms with Gasteiger partial charge in [0, 0.05) is 25.2 Å². The number of likely N-dealkylation sites (tertiary alicyclic amines) is 1. The van der Waals surface area contributed by atoms with E-state index in [0.717, 1.165) is 11.1 Å². The number of aromatic nitrogens is 1. The number of rotatable bonds is 5. The quantitative estimate of drug-likeness (QED) is 0.668. The molecule has 2 N–H and O–H groups in total. The molecule has 0 aliphatic carbocycles. The molecule has 1 aromatic carbocycles. The lowest BCUT2D eigenvalue weighted by molar-refractivity contribution is 0.0526. The molecule has 0 radical (unpaired) electrons. The Morgan fingerprint density at radius 2 is 2.18 bits per heavy atom. The van der Waals surface area contributed by atoms with Gasteiger partial charge in [-0.25, -0.2) is 14.2 Å². The van der Waals surface area contributed by atoms with Crippen LogP contribution in [0.1, 0.15) is 61.3 Å². The third-order valence-corrected chi connectivity index (χ3v) is 6.38. The molecule has 9 heteroatoms. The summed E-state index contributed by atoms with van der Waals surface area (Å²) in [6, 6.07) is 7.70. The summed E-state index contributed by atoms with van der Waals surface area (Å²) in [5.74, 6) is -0.834. The maximum Gasteiger partial charge on any atom is 0.338 e. The molecule has 1 saturated heterocycles. The minimum Gasteiger partial charge on any atom is -0.457 e. The second-order valence-electron chi connectivity index (χ2n) is 8.48. The Labute approximate surface area is 191 Å². The number of piperidine rings is 1. The maximum atomic E-state index is 14.9. The molecule has 1 fully saturated rings.